The summed E-state index contributed by atoms with van der Waals surface area (Å²) in [5, 5.41) is 4.48. The lowest BCUT2D eigenvalue weighted by Gasteiger charge is -2.13. The Hall–Kier alpha value is -1.89. The van der Waals surface area contributed by atoms with Gasteiger partial charge in [-0.1, -0.05) is 37.3 Å². The van der Waals surface area contributed by atoms with Crippen molar-refractivity contribution in [1.29, 1.82) is 0 Å². The van der Waals surface area contributed by atoms with Crippen molar-refractivity contribution in [1.82, 2.24) is 10.6 Å². The van der Waals surface area contributed by atoms with Crippen LogP contribution in [0.5, 0.6) is 0 Å². The maximum Gasteiger partial charge on any atom is 0.322 e. The number of benzene rings is 1. The van der Waals surface area contributed by atoms with Crippen LogP contribution in [0.3, 0.4) is 0 Å². The number of urea groups is 1. The Balaban J connectivity index is 1.90. The number of carbonyl (C=O) groups excluding carboxylic acids is 2. The Morgan fingerprint density at radius 3 is 2.43 bits per heavy atom. The third-order valence-electron chi connectivity index (χ3n) is 3.45. The standard InChI is InChI=1S/C14H18N2O4S/c1-10(11-5-3-2-4-6-11)9-21(19,20)8-7-12-13(17)16-14(18)15-12/h2-6,10,12H,7-9H2,1H3,(H2,15,16,17,18). The van der Waals surface area contributed by atoms with Gasteiger partial charge < -0.3 is 5.32 Å². The van der Waals surface area contributed by atoms with Crippen molar-refractivity contribution in [3.05, 3.63) is 35.9 Å². The summed E-state index contributed by atoms with van der Waals surface area (Å²) in [6, 6.07) is 8.09. The maximum atomic E-state index is 12.1. The molecular weight excluding hydrogens is 292 g/mol. The van der Waals surface area contributed by atoms with E-state index in [0.717, 1.165) is 5.56 Å². The largest absolute Gasteiger partial charge is 0.326 e. The van der Waals surface area contributed by atoms with E-state index in [9.17, 15) is 18.0 Å². The SMILES string of the molecule is CC(CS(=O)(=O)CCC1NC(=O)NC1=O)c1ccccc1. The van der Waals surface area contributed by atoms with Crippen LogP contribution in [0.4, 0.5) is 4.79 Å². The molecule has 0 radical (unpaired) electrons. The zero-order valence-electron chi connectivity index (χ0n) is 11.7. The first-order chi connectivity index (χ1) is 9.87. The number of sulfone groups is 1. The molecule has 1 aliphatic heterocycles. The lowest BCUT2D eigenvalue weighted by atomic mass is 10.0. The lowest BCUT2D eigenvalue weighted by Crippen LogP contribution is -2.31. The zero-order valence-corrected chi connectivity index (χ0v) is 12.5. The molecule has 1 saturated heterocycles. The molecule has 1 aliphatic rings. The topological polar surface area (TPSA) is 92.3 Å². The summed E-state index contributed by atoms with van der Waals surface area (Å²) in [7, 11) is -3.29. The molecule has 6 nitrogen and oxygen atoms in total. The van der Waals surface area contributed by atoms with Crippen LogP contribution in [0.15, 0.2) is 30.3 Å². The maximum absolute atomic E-state index is 12.1. The van der Waals surface area contributed by atoms with E-state index in [4.69, 9.17) is 0 Å². The van der Waals surface area contributed by atoms with Gasteiger partial charge >= 0.3 is 6.03 Å². The van der Waals surface area contributed by atoms with E-state index in [0.29, 0.717) is 0 Å². The van der Waals surface area contributed by atoms with Gasteiger partial charge in [-0.2, -0.15) is 0 Å². The summed E-state index contributed by atoms with van der Waals surface area (Å²) in [6.07, 6.45) is 0.0986. The van der Waals surface area contributed by atoms with E-state index < -0.39 is 27.8 Å². The Labute approximate surface area is 123 Å². The average molecular weight is 310 g/mol. The molecule has 2 N–H and O–H groups in total. The number of imide groups is 1. The van der Waals surface area contributed by atoms with Crippen LogP contribution >= 0.6 is 0 Å². The average Bonchev–Trinajstić information content (AvgIpc) is 2.75. The Morgan fingerprint density at radius 2 is 1.86 bits per heavy atom. The van der Waals surface area contributed by atoms with Crippen molar-refractivity contribution >= 4 is 21.8 Å². The van der Waals surface area contributed by atoms with Gasteiger partial charge in [0, 0.05) is 0 Å². The van der Waals surface area contributed by atoms with Gasteiger partial charge in [0.05, 0.1) is 11.5 Å². The highest BCUT2D eigenvalue weighted by molar-refractivity contribution is 7.91. The van der Waals surface area contributed by atoms with Gasteiger partial charge in [0.1, 0.15) is 6.04 Å². The Kier molecular flexibility index (Phi) is 4.62. The van der Waals surface area contributed by atoms with Crippen LogP contribution < -0.4 is 10.6 Å². The van der Waals surface area contributed by atoms with Crippen molar-refractivity contribution in [2.24, 2.45) is 0 Å². The van der Waals surface area contributed by atoms with Crippen molar-refractivity contribution in [2.75, 3.05) is 11.5 Å². The molecule has 2 unspecified atom stereocenters. The van der Waals surface area contributed by atoms with E-state index >= 15 is 0 Å². The summed E-state index contributed by atoms with van der Waals surface area (Å²) >= 11 is 0. The minimum absolute atomic E-state index is 0.0271. The van der Waals surface area contributed by atoms with Crippen LogP contribution in [0.2, 0.25) is 0 Å². The lowest BCUT2D eigenvalue weighted by molar-refractivity contribution is -0.120. The second-order valence-corrected chi connectivity index (χ2v) is 7.46. The third-order valence-corrected chi connectivity index (χ3v) is 5.31. The molecule has 2 rings (SSSR count). The summed E-state index contributed by atoms with van der Waals surface area (Å²) < 4.78 is 24.2. The first-order valence-electron chi connectivity index (χ1n) is 6.74. The molecule has 1 fully saturated rings. The number of nitrogens with one attached hydrogen (secondary N) is 2. The molecule has 0 bridgehead atoms. The van der Waals surface area contributed by atoms with Crippen LogP contribution in [-0.4, -0.2) is 37.9 Å². The zero-order chi connectivity index (χ0) is 15.5. The Bertz CT molecular complexity index is 628. The van der Waals surface area contributed by atoms with Crippen molar-refractivity contribution in [3.8, 4) is 0 Å². The minimum Gasteiger partial charge on any atom is -0.326 e. The fourth-order valence-corrected chi connectivity index (χ4v) is 4.02. The molecule has 7 heteroatoms. The fourth-order valence-electron chi connectivity index (χ4n) is 2.30. The highest BCUT2D eigenvalue weighted by Crippen LogP contribution is 2.17. The number of carbonyl (C=O) groups is 2. The number of rotatable bonds is 6. The summed E-state index contributed by atoms with van der Waals surface area (Å²) in [5.74, 6) is -0.670. The third kappa shape index (κ3) is 4.29. The van der Waals surface area contributed by atoms with E-state index in [1.165, 1.54) is 0 Å². The quantitative estimate of drug-likeness (QED) is 0.760. The monoisotopic (exact) mass is 310 g/mol. The molecule has 114 valence electrons. The second-order valence-electron chi connectivity index (χ2n) is 5.23. The molecular formula is C14H18N2O4S. The highest BCUT2D eigenvalue weighted by Gasteiger charge is 2.30. The van der Waals surface area contributed by atoms with Crippen molar-refractivity contribution in [2.45, 2.75) is 25.3 Å². The van der Waals surface area contributed by atoms with Gasteiger partial charge in [0.2, 0.25) is 0 Å². The van der Waals surface area contributed by atoms with Gasteiger partial charge in [-0.05, 0) is 17.9 Å². The second kappa shape index (κ2) is 6.26. The minimum atomic E-state index is -3.29. The molecule has 1 aromatic carbocycles. The smallest absolute Gasteiger partial charge is 0.322 e. The van der Waals surface area contributed by atoms with Crippen LogP contribution in [0.1, 0.15) is 24.8 Å². The van der Waals surface area contributed by atoms with Crippen molar-refractivity contribution < 1.29 is 18.0 Å². The predicted molar refractivity (Wildman–Crippen MR) is 78.6 cm³/mol. The van der Waals surface area contributed by atoms with Crippen LogP contribution in [0, 0.1) is 0 Å². The normalized spacial score (nSPS) is 20.0. The number of hydrogen-bond acceptors (Lipinski definition) is 4. The molecule has 0 aliphatic carbocycles. The summed E-state index contributed by atoms with van der Waals surface area (Å²) in [5.41, 5.74) is 0.966. The van der Waals surface area contributed by atoms with Crippen molar-refractivity contribution in [3.63, 3.8) is 0 Å². The van der Waals surface area contributed by atoms with Gasteiger partial charge in [0.15, 0.2) is 9.84 Å². The van der Waals surface area contributed by atoms with Gasteiger partial charge in [0.25, 0.3) is 5.91 Å². The Morgan fingerprint density at radius 1 is 1.19 bits per heavy atom. The van der Waals surface area contributed by atoms with E-state index in [-0.39, 0.29) is 23.8 Å². The first kappa shape index (κ1) is 15.5. The van der Waals surface area contributed by atoms with Gasteiger partial charge in [-0.15, -0.1) is 0 Å². The molecule has 1 heterocycles. The number of hydrogen-bond donors (Lipinski definition) is 2. The predicted octanol–water partition coefficient (Wildman–Crippen LogP) is 0.803. The van der Waals surface area contributed by atoms with Crippen LogP contribution in [0.25, 0.3) is 0 Å². The summed E-state index contributed by atoms with van der Waals surface area (Å²) in [6.45, 7) is 1.86. The molecule has 2 atom stereocenters. The van der Waals surface area contributed by atoms with Gasteiger partial charge in [-0.25, -0.2) is 13.2 Å². The van der Waals surface area contributed by atoms with E-state index in [2.05, 4.69) is 10.6 Å². The number of amides is 3. The molecule has 0 saturated carbocycles. The van der Waals surface area contributed by atoms with E-state index in [1.54, 1.807) is 0 Å². The highest BCUT2D eigenvalue weighted by atomic mass is 32.2. The molecule has 0 aromatic heterocycles. The summed E-state index contributed by atoms with van der Waals surface area (Å²) in [4.78, 5) is 22.3. The van der Waals surface area contributed by atoms with E-state index in [1.807, 2.05) is 37.3 Å². The molecule has 0 spiro atoms. The van der Waals surface area contributed by atoms with Crippen LogP contribution in [-0.2, 0) is 14.6 Å². The molecule has 3 amide bonds. The molecule has 1 aromatic rings. The molecule has 21 heavy (non-hydrogen) atoms. The first-order valence-corrected chi connectivity index (χ1v) is 8.56. The van der Waals surface area contributed by atoms with Gasteiger partial charge in [-0.3, -0.25) is 10.1 Å². The fraction of sp³-hybridized carbons (Fsp3) is 0.429.